The van der Waals surface area contributed by atoms with Crippen molar-refractivity contribution in [3.63, 3.8) is 0 Å². The Hall–Kier alpha value is -1.31. The largest absolute Gasteiger partial charge is 0.356 e. The number of hydrogen-bond acceptors (Lipinski definition) is 1. The molecule has 1 aliphatic rings. The second-order valence-electron chi connectivity index (χ2n) is 4.86. The number of aryl methyl sites for hydroxylation is 3. The lowest BCUT2D eigenvalue weighted by Gasteiger charge is -2.14. The molecule has 1 aliphatic heterocycles. The number of nitrogens with one attached hydrogen (secondary N) is 1. The molecule has 0 saturated carbocycles. The van der Waals surface area contributed by atoms with Gasteiger partial charge in [0.05, 0.1) is 0 Å². The molecule has 1 unspecified atom stereocenters. The van der Waals surface area contributed by atoms with Crippen LogP contribution in [0.2, 0.25) is 0 Å². The quantitative estimate of drug-likeness (QED) is 0.809. The summed E-state index contributed by atoms with van der Waals surface area (Å²) in [5.41, 5.74) is 5.29. The Morgan fingerprint density at radius 1 is 1.25 bits per heavy atom. The van der Waals surface area contributed by atoms with Crippen LogP contribution in [0.5, 0.6) is 0 Å². The van der Waals surface area contributed by atoms with Crippen molar-refractivity contribution >= 4 is 5.91 Å². The second kappa shape index (κ2) is 4.28. The Morgan fingerprint density at radius 3 is 2.38 bits per heavy atom. The van der Waals surface area contributed by atoms with Crippen LogP contribution < -0.4 is 5.32 Å². The molecule has 0 spiro atoms. The molecule has 1 atom stereocenters. The van der Waals surface area contributed by atoms with Gasteiger partial charge in [-0.2, -0.15) is 0 Å². The lowest BCUT2D eigenvalue weighted by molar-refractivity contribution is -0.122. The first-order valence-corrected chi connectivity index (χ1v) is 5.92. The van der Waals surface area contributed by atoms with Crippen LogP contribution >= 0.6 is 0 Å². The molecule has 1 saturated heterocycles. The van der Waals surface area contributed by atoms with Gasteiger partial charge in [0.2, 0.25) is 5.91 Å². The Balaban J connectivity index is 2.24. The second-order valence-corrected chi connectivity index (χ2v) is 4.86. The number of hydrogen-bond donors (Lipinski definition) is 1. The third-order valence-corrected chi connectivity index (χ3v) is 3.45. The first-order chi connectivity index (χ1) is 7.58. The van der Waals surface area contributed by atoms with E-state index in [1.807, 2.05) is 0 Å². The zero-order valence-electron chi connectivity index (χ0n) is 10.3. The van der Waals surface area contributed by atoms with Crippen LogP contribution in [-0.4, -0.2) is 12.5 Å². The van der Waals surface area contributed by atoms with Crippen molar-refractivity contribution < 1.29 is 4.79 Å². The molecule has 0 aliphatic carbocycles. The summed E-state index contributed by atoms with van der Waals surface area (Å²) in [4.78, 5) is 11.6. The fraction of sp³-hybridized carbons (Fsp3) is 0.500. The van der Waals surface area contributed by atoms with Crippen molar-refractivity contribution in [3.05, 3.63) is 34.4 Å². The topological polar surface area (TPSA) is 29.1 Å². The molecule has 0 aromatic heterocycles. The molecular formula is C14H19NO. The van der Waals surface area contributed by atoms with Crippen molar-refractivity contribution in [1.82, 2.24) is 5.32 Å². The summed E-state index contributed by atoms with van der Waals surface area (Å²) in [7, 11) is 0. The summed E-state index contributed by atoms with van der Waals surface area (Å²) >= 11 is 0. The lowest BCUT2D eigenvalue weighted by Crippen LogP contribution is -2.21. The summed E-state index contributed by atoms with van der Waals surface area (Å²) < 4.78 is 0. The Labute approximate surface area is 97.1 Å². The average molecular weight is 217 g/mol. The molecule has 1 N–H and O–H groups in total. The van der Waals surface area contributed by atoms with Gasteiger partial charge in [-0.1, -0.05) is 17.7 Å². The van der Waals surface area contributed by atoms with Gasteiger partial charge in [-0.05, 0) is 50.3 Å². The van der Waals surface area contributed by atoms with Crippen LogP contribution in [-0.2, 0) is 11.2 Å². The maximum atomic E-state index is 11.6. The van der Waals surface area contributed by atoms with Gasteiger partial charge < -0.3 is 5.32 Å². The first-order valence-electron chi connectivity index (χ1n) is 5.92. The SMILES string of the molecule is Cc1cc(C)c(CC2CCNC2=O)c(C)c1. The van der Waals surface area contributed by atoms with Crippen molar-refractivity contribution in [1.29, 1.82) is 0 Å². The van der Waals surface area contributed by atoms with Gasteiger partial charge >= 0.3 is 0 Å². The molecule has 1 aromatic rings. The highest BCUT2D eigenvalue weighted by Crippen LogP contribution is 2.23. The molecule has 1 fully saturated rings. The maximum Gasteiger partial charge on any atom is 0.223 e. The highest BCUT2D eigenvalue weighted by atomic mass is 16.2. The summed E-state index contributed by atoms with van der Waals surface area (Å²) in [5.74, 6) is 0.402. The Morgan fingerprint density at radius 2 is 1.88 bits per heavy atom. The predicted octanol–water partition coefficient (Wildman–Crippen LogP) is 2.29. The molecule has 1 aromatic carbocycles. The molecule has 1 amide bonds. The van der Waals surface area contributed by atoms with Gasteiger partial charge in [0.25, 0.3) is 0 Å². The predicted molar refractivity (Wildman–Crippen MR) is 65.5 cm³/mol. The summed E-state index contributed by atoms with van der Waals surface area (Å²) in [5, 5.41) is 2.90. The number of benzene rings is 1. The molecule has 2 nitrogen and oxygen atoms in total. The van der Waals surface area contributed by atoms with Crippen molar-refractivity contribution in [3.8, 4) is 0 Å². The highest BCUT2D eigenvalue weighted by Gasteiger charge is 2.25. The zero-order valence-corrected chi connectivity index (χ0v) is 10.3. The van der Waals surface area contributed by atoms with Crippen LogP contribution in [0, 0.1) is 26.7 Å². The van der Waals surface area contributed by atoms with E-state index in [1.165, 1.54) is 22.3 Å². The van der Waals surface area contributed by atoms with E-state index >= 15 is 0 Å². The molecule has 16 heavy (non-hydrogen) atoms. The standard InChI is InChI=1S/C14H19NO/c1-9-6-10(2)13(11(3)7-9)8-12-4-5-15-14(12)16/h6-7,12H,4-5,8H2,1-3H3,(H,15,16). The minimum absolute atomic E-state index is 0.181. The third kappa shape index (κ3) is 2.11. The van der Waals surface area contributed by atoms with E-state index in [1.54, 1.807) is 0 Å². The fourth-order valence-electron chi connectivity index (χ4n) is 2.62. The van der Waals surface area contributed by atoms with Crippen LogP contribution in [0.15, 0.2) is 12.1 Å². The zero-order chi connectivity index (χ0) is 11.7. The number of amides is 1. The van der Waals surface area contributed by atoms with Gasteiger partial charge in [0.1, 0.15) is 0 Å². The molecule has 1 heterocycles. The monoisotopic (exact) mass is 217 g/mol. The normalized spacial score (nSPS) is 19.9. The van der Waals surface area contributed by atoms with E-state index in [-0.39, 0.29) is 11.8 Å². The molecular weight excluding hydrogens is 198 g/mol. The van der Waals surface area contributed by atoms with E-state index < -0.39 is 0 Å². The number of carbonyl (C=O) groups is 1. The van der Waals surface area contributed by atoms with Gasteiger partial charge in [0, 0.05) is 12.5 Å². The lowest BCUT2D eigenvalue weighted by atomic mass is 9.90. The average Bonchev–Trinajstić information content (AvgIpc) is 2.57. The van der Waals surface area contributed by atoms with Crippen molar-refractivity contribution in [2.24, 2.45) is 5.92 Å². The van der Waals surface area contributed by atoms with Crippen molar-refractivity contribution in [2.75, 3.05) is 6.54 Å². The van der Waals surface area contributed by atoms with Crippen LogP contribution in [0.1, 0.15) is 28.7 Å². The maximum absolute atomic E-state index is 11.6. The van der Waals surface area contributed by atoms with E-state index in [4.69, 9.17) is 0 Å². The van der Waals surface area contributed by atoms with E-state index in [2.05, 4.69) is 38.2 Å². The fourth-order valence-corrected chi connectivity index (χ4v) is 2.62. The van der Waals surface area contributed by atoms with E-state index in [0.717, 1.165) is 19.4 Å². The molecule has 2 rings (SSSR count). The van der Waals surface area contributed by atoms with Gasteiger partial charge in [-0.25, -0.2) is 0 Å². The molecule has 86 valence electrons. The molecule has 2 heteroatoms. The highest BCUT2D eigenvalue weighted by molar-refractivity contribution is 5.81. The Bertz CT molecular complexity index is 400. The van der Waals surface area contributed by atoms with Crippen LogP contribution in [0.3, 0.4) is 0 Å². The minimum atomic E-state index is 0.181. The molecule has 0 bridgehead atoms. The third-order valence-electron chi connectivity index (χ3n) is 3.45. The summed E-state index contributed by atoms with van der Waals surface area (Å²) in [6, 6.07) is 4.41. The van der Waals surface area contributed by atoms with Gasteiger partial charge in [0.15, 0.2) is 0 Å². The molecule has 0 radical (unpaired) electrons. The number of carbonyl (C=O) groups excluding carboxylic acids is 1. The van der Waals surface area contributed by atoms with Crippen LogP contribution in [0.4, 0.5) is 0 Å². The van der Waals surface area contributed by atoms with Gasteiger partial charge in [-0.15, -0.1) is 0 Å². The Kier molecular flexibility index (Phi) is 2.99. The smallest absolute Gasteiger partial charge is 0.223 e. The van der Waals surface area contributed by atoms with E-state index in [9.17, 15) is 4.79 Å². The first kappa shape index (κ1) is 11.2. The summed E-state index contributed by atoms with van der Waals surface area (Å²) in [6.45, 7) is 7.24. The van der Waals surface area contributed by atoms with Crippen molar-refractivity contribution in [2.45, 2.75) is 33.6 Å². The van der Waals surface area contributed by atoms with Crippen LogP contribution in [0.25, 0.3) is 0 Å². The summed E-state index contributed by atoms with van der Waals surface area (Å²) in [6.07, 6.45) is 1.87. The minimum Gasteiger partial charge on any atom is -0.356 e. The number of rotatable bonds is 2. The van der Waals surface area contributed by atoms with E-state index in [0.29, 0.717) is 0 Å². The van der Waals surface area contributed by atoms with Gasteiger partial charge in [-0.3, -0.25) is 4.79 Å².